The maximum Gasteiger partial charge on any atom is 0.305 e. The Hall–Kier alpha value is -1.62. The number of benzene rings is 1. The Labute approximate surface area is 182 Å². The lowest BCUT2D eigenvalue weighted by molar-refractivity contribution is -0.156. The number of hydrogen-bond donors (Lipinski definition) is 0. The second-order valence-corrected chi connectivity index (χ2v) is 11.5. The van der Waals surface area contributed by atoms with Crippen molar-refractivity contribution in [2.45, 2.75) is 48.9 Å². The zero-order chi connectivity index (χ0) is 21.7. The van der Waals surface area contributed by atoms with E-state index < -0.39 is 19.9 Å². The Morgan fingerprint density at radius 1 is 1.40 bits per heavy atom. The van der Waals surface area contributed by atoms with E-state index in [2.05, 4.69) is 0 Å². The maximum absolute atomic E-state index is 13.7. The van der Waals surface area contributed by atoms with Gasteiger partial charge in [-0.15, -0.1) is 0 Å². The zero-order valence-corrected chi connectivity index (χ0v) is 19.1. The summed E-state index contributed by atoms with van der Waals surface area (Å²) in [5.74, 6) is 0.848. The van der Waals surface area contributed by atoms with E-state index in [0.717, 1.165) is 5.56 Å². The van der Waals surface area contributed by atoms with Gasteiger partial charge in [-0.1, -0.05) is 13.0 Å². The minimum atomic E-state index is -1.39. The van der Waals surface area contributed by atoms with Gasteiger partial charge in [-0.05, 0) is 38.1 Å². The molecule has 1 amide bonds. The van der Waals surface area contributed by atoms with E-state index in [-0.39, 0.29) is 37.6 Å². The second-order valence-electron chi connectivity index (χ2n) is 7.89. The third kappa shape index (κ3) is 3.16. The molecule has 4 aliphatic rings. The summed E-state index contributed by atoms with van der Waals surface area (Å²) in [6.07, 6.45) is 0.994. The molecule has 0 spiro atoms. The number of rotatable bonds is 6. The molecule has 3 saturated heterocycles. The van der Waals surface area contributed by atoms with Crippen molar-refractivity contribution in [3.63, 3.8) is 0 Å². The van der Waals surface area contributed by atoms with Gasteiger partial charge in [0.1, 0.15) is 10.8 Å². The molecule has 8 nitrogen and oxygen atoms in total. The Morgan fingerprint density at radius 3 is 2.83 bits per heavy atom. The van der Waals surface area contributed by atoms with Gasteiger partial charge in [0.25, 0.3) is 5.91 Å². The lowest BCUT2D eigenvalue weighted by atomic mass is 9.93. The lowest BCUT2D eigenvalue weighted by Crippen LogP contribution is -2.78. The van der Waals surface area contributed by atoms with E-state index in [1.165, 1.54) is 17.9 Å². The molecule has 1 aromatic carbocycles. The van der Waals surface area contributed by atoms with Gasteiger partial charge in [0, 0.05) is 6.42 Å². The van der Waals surface area contributed by atoms with Crippen molar-refractivity contribution in [3.05, 3.63) is 23.8 Å². The van der Waals surface area contributed by atoms with Crippen LogP contribution in [0, 0.1) is 0 Å². The molecule has 4 atom stereocenters. The third-order valence-electron chi connectivity index (χ3n) is 6.24. The van der Waals surface area contributed by atoms with Crippen molar-refractivity contribution < 1.29 is 28.4 Å². The molecule has 2 unspecified atom stereocenters. The van der Waals surface area contributed by atoms with Crippen LogP contribution in [0.15, 0.2) is 18.2 Å². The van der Waals surface area contributed by atoms with E-state index >= 15 is 0 Å². The highest BCUT2D eigenvalue weighted by molar-refractivity contribution is 8.73. The minimum absolute atomic E-state index is 0.0877. The Morgan fingerprint density at radius 2 is 2.13 bits per heavy atom. The molecule has 5 rings (SSSR count). The van der Waals surface area contributed by atoms with E-state index in [9.17, 15) is 14.1 Å². The minimum Gasteiger partial charge on any atom is -0.603 e. The van der Waals surface area contributed by atoms with Crippen LogP contribution in [-0.4, -0.2) is 63.5 Å². The molecule has 2 bridgehead atoms. The highest BCUT2D eigenvalue weighted by Gasteiger charge is 2.70. The van der Waals surface area contributed by atoms with Crippen LogP contribution in [0.5, 0.6) is 11.5 Å². The molecular weight excluding hydrogens is 428 g/mol. The van der Waals surface area contributed by atoms with Crippen molar-refractivity contribution in [2.75, 3.05) is 27.5 Å². The fourth-order valence-corrected chi connectivity index (χ4v) is 8.77. The molecule has 1 aromatic rings. The summed E-state index contributed by atoms with van der Waals surface area (Å²) >= 11 is 0. The highest BCUT2D eigenvalue weighted by atomic mass is 33.1. The van der Waals surface area contributed by atoms with Crippen LogP contribution in [0.4, 0.5) is 0 Å². The standard InChI is InChI=1S/C20H26N2O6S2/c1-5-14(13-6-7-15-16(10-13)28-12-27-15)22-18(24)19(2)21(3)11-20(22,30(25)29-19)9-8-17(23)26-4/h6-7,10,14H,5,8-9,11-12H2,1-4H3/t14-,19?,20?,30-/m1/s1. The van der Waals surface area contributed by atoms with Crippen molar-refractivity contribution in [3.8, 4) is 11.5 Å². The summed E-state index contributed by atoms with van der Waals surface area (Å²) in [5, 5.41) is 0. The molecule has 0 radical (unpaired) electrons. The highest BCUT2D eigenvalue weighted by Crippen LogP contribution is 2.57. The van der Waals surface area contributed by atoms with Crippen LogP contribution in [0.25, 0.3) is 0 Å². The SMILES string of the molecule is CC[C@H](c1ccc2c(c1)OCO2)N1C(=O)C2(C)S[S@@+]([O-])C1(CCC(=O)OC)CN2C. The molecule has 10 heteroatoms. The van der Waals surface area contributed by atoms with Crippen LogP contribution in [0.3, 0.4) is 0 Å². The largest absolute Gasteiger partial charge is 0.603 e. The molecule has 164 valence electrons. The van der Waals surface area contributed by atoms with Crippen LogP contribution < -0.4 is 9.47 Å². The van der Waals surface area contributed by atoms with E-state index in [1.54, 1.807) is 4.90 Å². The van der Waals surface area contributed by atoms with Crippen molar-refractivity contribution in [1.29, 1.82) is 0 Å². The quantitative estimate of drug-likeness (QED) is 0.368. The Balaban J connectivity index is 1.77. The van der Waals surface area contributed by atoms with Gasteiger partial charge in [0.15, 0.2) is 16.4 Å². The molecule has 0 aliphatic carbocycles. The first-order valence-electron chi connectivity index (χ1n) is 9.89. The van der Waals surface area contributed by atoms with Gasteiger partial charge >= 0.3 is 5.97 Å². The lowest BCUT2D eigenvalue weighted by Gasteiger charge is -2.60. The first kappa shape index (κ1) is 21.6. The molecule has 0 aromatic heterocycles. The fourth-order valence-electron chi connectivity index (χ4n) is 4.42. The van der Waals surface area contributed by atoms with Crippen molar-refractivity contribution in [2.24, 2.45) is 0 Å². The normalized spacial score (nSPS) is 31.2. The summed E-state index contributed by atoms with van der Waals surface area (Å²) in [6, 6.07) is 5.35. The number of methoxy groups -OCH3 is 1. The summed E-state index contributed by atoms with van der Waals surface area (Å²) < 4.78 is 29.2. The monoisotopic (exact) mass is 454 g/mol. The number of ether oxygens (including phenoxy) is 3. The van der Waals surface area contributed by atoms with E-state index in [0.29, 0.717) is 24.5 Å². The average Bonchev–Trinajstić information content (AvgIpc) is 3.20. The topological polar surface area (TPSA) is 91.4 Å². The predicted molar refractivity (Wildman–Crippen MR) is 113 cm³/mol. The fraction of sp³-hybridized carbons (Fsp3) is 0.600. The predicted octanol–water partition coefficient (Wildman–Crippen LogP) is 2.42. The van der Waals surface area contributed by atoms with Gasteiger partial charge in [-0.3, -0.25) is 19.4 Å². The van der Waals surface area contributed by atoms with Gasteiger partial charge in [-0.2, -0.15) is 0 Å². The number of piperazine rings is 1. The van der Waals surface area contributed by atoms with E-state index in [4.69, 9.17) is 14.2 Å². The number of hydrogen-bond acceptors (Lipinski definition) is 8. The number of likely N-dealkylation sites (N-methyl/N-ethyl adjacent to an activating group) is 1. The number of carbonyl (C=O) groups is 2. The zero-order valence-electron chi connectivity index (χ0n) is 17.5. The summed E-state index contributed by atoms with van der Waals surface area (Å²) in [4.78, 5) is 27.5. The third-order valence-corrected chi connectivity index (χ3v) is 10.7. The molecule has 30 heavy (non-hydrogen) atoms. The number of fused-ring (bicyclic) bond motifs is 4. The smallest absolute Gasteiger partial charge is 0.305 e. The summed E-state index contributed by atoms with van der Waals surface area (Å²) in [5.41, 5.74) is 0.897. The van der Waals surface area contributed by atoms with Crippen LogP contribution in [-0.2, 0) is 24.5 Å². The molecule has 4 heterocycles. The first-order chi connectivity index (χ1) is 14.3. The average molecular weight is 455 g/mol. The van der Waals surface area contributed by atoms with E-state index in [1.807, 2.05) is 44.0 Å². The molecule has 0 saturated carbocycles. The van der Waals surface area contributed by atoms with Gasteiger partial charge in [-0.25, -0.2) is 0 Å². The van der Waals surface area contributed by atoms with Crippen molar-refractivity contribution >= 4 is 32.9 Å². The maximum atomic E-state index is 13.7. The number of esters is 1. The summed E-state index contributed by atoms with van der Waals surface area (Å²) in [7, 11) is 2.98. The molecule has 4 aliphatic heterocycles. The number of amides is 1. The molecular formula is C20H26N2O6S2. The van der Waals surface area contributed by atoms with Gasteiger partial charge in [0.2, 0.25) is 11.7 Å². The molecule has 0 N–H and O–H groups in total. The Bertz CT molecular complexity index is 870. The van der Waals surface area contributed by atoms with Gasteiger partial charge < -0.3 is 18.8 Å². The summed E-state index contributed by atoms with van der Waals surface area (Å²) in [6.45, 7) is 4.42. The second kappa shape index (κ2) is 7.81. The van der Waals surface area contributed by atoms with Crippen LogP contribution >= 0.6 is 10.8 Å². The Kier molecular flexibility index (Phi) is 5.63. The van der Waals surface area contributed by atoms with Crippen molar-refractivity contribution in [1.82, 2.24) is 9.80 Å². The first-order valence-corrected chi connectivity index (χ1v) is 12.4. The van der Waals surface area contributed by atoms with Gasteiger partial charge in [0.05, 0.1) is 36.3 Å². The van der Waals surface area contributed by atoms with Crippen LogP contribution in [0.2, 0.25) is 0 Å². The van der Waals surface area contributed by atoms with Crippen LogP contribution in [0.1, 0.15) is 44.7 Å². The number of carbonyl (C=O) groups excluding carboxylic acids is 2. The number of nitrogens with zero attached hydrogens (tertiary/aromatic N) is 2. The molecule has 3 fully saturated rings.